The molecule has 0 spiro atoms. The molecule has 0 unspecified atom stereocenters. The molecule has 2 N–H and O–H groups in total. The van der Waals surface area contributed by atoms with Crippen LogP contribution in [-0.4, -0.2) is 62.8 Å². The Bertz CT molecular complexity index is 501. The van der Waals surface area contributed by atoms with Gasteiger partial charge in [0.25, 0.3) is 0 Å². The number of nitrogens with one attached hydrogen (secondary N) is 2. The van der Waals surface area contributed by atoms with E-state index in [9.17, 15) is 0 Å². The van der Waals surface area contributed by atoms with Gasteiger partial charge in [-0.1, -0.05) is 24.3 Å². The Labute approximate surface area is 156 Å². The summed E-state index contributed by atoms with van der Waals surface area (Å²) in [5, 5.41) is 6.76. The standard InChI is InChI=1S/C19H32N4OS/c1-20-19(21-9-3-4-14-25-2)22-15-17-5-7-18(8-6-17)16-23-10-12-24-13-11-23/h5-8H,3-4,9-16H2,1-2H3,(H2,20,21,22). The van der Waals surface area contributed by atoms with Crippen molar-refractivity contribution in [2.45, 2.75) is 25.9 Å². The SMILES string of the molecule is CN=C(NCCCCSC)NCc1ccc(CN2CCOCC2)cc1. The number of thioether (sulfide) groups is 1. The number of hydrogen-bond acceptors (Lipinski definition) is 4. The quantitative estimate of drug-likeness (QED) is 0.400. The minimum absolute atomic E-state index is 0.794. The molecule has 0 aromatic heterocycles. The molecule has 1 aromatic rings. The van der Waals surface area contributed by atoms with Crippen LogP contribution in [0.5, 0.6) is 0 Å². The van der Waals surface area contributed by atoms with Crippen molar-refractivity contribution in [1.82, 2.24) is 15.5 Å². The maximum atomic E-state index is 5.40. The zero-order valence-electron chi connectivity index (χ0n) is 15.6. The van der Waals surface area contributed by atoms with Crippen LogP contribution < -0.4 is 10.6 Å². The molecule has 6 heteroatoms. The maximum absolute atomic E-state index is 5.40. The van der Waals surface area contributed by atoms with Crippen LogP contribution in [0.2, 0.25) is 0 Å². The average Bonchev–Trinajstić information content (AvgIpc) is 2.66. The van der Waals surface area contributed by atoms with Crippen molar-refractivity contribution in [3.63, 3.8) is 0 Å². The third-order valence-corrected chi connectivity index (χ3v) is 4.98. The number of morpholine rings is 1. The van der Waals surface area contributed by atoms with Gasteiger partial charge in [0, 0.05) is 39.8 Å². The van der Waals surface area contributed by atoms with Gasteiger partial charge in [-0.2, -0.15) is 11.8 Å². The largest absolute Gasteiger partial charge is 0.379 e. The predicted molar refractivity (Wildman–Crippen MR) is 108 cm³/mol. The zero-order chi connectivity index (χ0) is 17.7. The lowest BCUT2D eigenvalue weighted by atomic mass is 10.1. The molecule has 1 heterocycles. The summed E-state index contributed by atoms with van der Waals surface area (Å²) >= 11 is 1.90. The van der Waals surface area contributed by atoms with Crippen LogP contribution in [0.25, 0.3) is 0 Å². The Hall–Kier alpha value is -1.24. The predicted octanol–water partition coefficient (Wildman–Crippen LogP) is 2.33. The second-order valence-electron chi connectivity index (χ2n) is 6.26. The summed E-state index contributed by atoms with van der Waals surface area (Å²) in [5.74, 6) is 2.10. The summed E-state index contributed by atoms with van der Waals surface area (Å²) < 4.78 is 5.40. The van der Waals surface area contributed by atoms with Crippen molar-refractivity contribution in [3.05, 3.63) is 35.4 Å². The van der Waals surface area contributed by atoms with Crippen molar-refractivity contribution < 1.29 is 4.74 Å². The van der Waals surface area contributed by atoms with Gasteiger partial charge in [-0.15, -0.1) is 0 Å². The lowest BCUT2D eigenvalue weighted by Gasteiger charge is -2.26. The van der Waals surface area contributed by atoms with Crippen molar-refractivity contribution in [2.75, 3.05) is 51.9 Å². The summed E-state index contributed by atoms with van der Waals surface area (Å²) in [7, 11) is 1.82. The number of aliphatic imine (C=N–C) groups is 1. The molecule has 25 heavy (non-hydrogen) atoms. The first kappa shape index (κ1) is 20.1. The highest BCUT2D eigenvalue weighted by Crippen LogP contribution is 2.09. The van der Waals surface area contributed by atoms with E-state index in [4.69, 9.17) is 4.74 Å². The number of benzene rings is 1. The second-order valence-corrected chi connectivity index (χ2v) is 7.24. The third-order valence-electron chi connectivity index (χ3n) is 4.28. The van der Waals surface area contributed by atoms with Crippen molar-refractivity contribution in [2.24, 2.45) is 4.99 Å². The van der Waals surface area contributed by atoms with Gasteiger partial charge in [-0.3, -0.25) is 9.89 Å². The van der Waals surface area contributed by atoms with E-state index in [1.807, 2.05) is 18.8 Å². The fourth-order valence-corrected chi connectivity index (χ4v) is 3.26. The molecular formula is C19H32N4OS. The molecule has 0 aliphatic carbocycles. The molecule has 1 aromatic carbocycles. The first-order valence-electron chi connectivity index (χ1n) is 9.13. The highest BCUT2D eigenvalue weighted by atomic mass is 32.2. The van der Waals surface area contributed by atoms with Gasteiger partial charge in [-0.25, -0.2) is 0 Å². The maximum Gasteiger partial charge on any atom is 0.191 e. The molecule has 0 radical (unpaired) electrons. The van der Waals surface area contributed by atoms with Gasteiger partial charge in [-0.05, 0) is 36.0 Å². The van der Waals surface area contributed by atoms with Crippen LogP contribution >= 0.6 is 11.8 Å². The molecule has 1 aliphatic rings. The third kappa shape index (κ3) is 8.12. The van der Waals surface area contributed by atoms with Gasteiger partial charge in [0.05, 0.1) is 13.2 Å². The van der Waals surface area contributed by atoms with Crippen molar-refractivity contribution in [1.29, 1.82) is 0 Å². The van der Waals surface area contributed by atoms with E-state index in [0.29, 0.717) is 0 Å². The van der Waals surface area contributed by atoms with Crippen LogP contribution in [0, 0.1) is 0 Å². The van der Waals surface area contributed by atoms with Gasteiger partial charge >= 0.3 is 0 Å². The summed E-state index contributed by atoms with van der Waals surface area (Å²) in [6.07, 6.45) is 4.58. The van der Waals surface area contributed by atoms with Gasteiger partial charge in [0.15, 0.2) is 5.96 Å². The molecule has 2 rings (SSSR count). The van der Waals surface area contributed by atoms with E-state index < -0.39 is 0 Å². The molecule has 1 aliphatic heterocycles. The number of unbranched alkanes of at least 4 members (excludes halogenated alkanes) is 1. The number of hydrogen-bond donors (Lipinski definition) is 2. The first-order valence-corrected chi connectivity index (χ1v) is 10.5. The molecule has 0 amide bonds. The van der Waals surface area contributed by atoms with Crippen LogP contribution in [0.15, 0.2) is 29.3 Å². The molecule has 1 fully saturated rings. The van der Waals surface area contributed by atoms with Gasteiger partial charge in [0.2, 0.25) is 0 Å². The highest BCUT2D eigenvalue weighted by molar-refractivity contribution is 7.98. The topological polar surface area (TPSA) is 48.9 Å². The monoisotopic (exact) mass is 364 g/mol. The van der Waals surface area contributed by atoms with Crippen LogP contribution in [0.3, 0.4) is 0 Å². The second kappa shape index (κ2) is 12.2. The minimum Gasteiger partial charge on any atom is -0.379 e. The van der Waals surface area contributed by atoms with E-state index in [-0.39, 0.29) is 0 Å². The van der Waals surface area contributed by atoms with E-state index in [1.54, 1.807) is 0 Å². The van der Waals surface area contributed by atoms with Crippen LogP contribution in [0.1, 0.15) is 24.0 Å². The summed E-state index contributed by atoms with van der Waals surface area (Å²) in [4.78, 5) is 6.73. The van der Waals surface area contributed by atoms with E-state index >= 15 is 0 Å². The lowest BCUT2D eigenvalue weighted by Crippen LogP contribution is -2.37. The fourth-order valence-electron chi connectivity index (χ4n) is 2.76. The van der Waals surface area contributed by atoms with E-state index in [1.165, 1.54) is 29.7 Å². The van der Waals surface area contributed by atoms with Gasteiger partial charge < -0.3 is 15.4 Å². The molecular weight excluding hydrogens is 332 g/mol. The smallest absolute Gasteiger partial charge is 0.191 e. The number of nitrogens with zero attached hydrogens (tertiary/aromatic N) is 2. The number of ether oxygens (including phenoxy) is 1. The van der Waals surface area contributed by atoms with Crippen LogP contribution in [0.4, 0.5) is 0 Å². The van der Waals surface area contributed by atoms with E-state index in [2.05, 4.69) is 51.0 Å². The lowest BCUT2D eigenvalue weighted by molar-refractivity contribution is 0.0342. The molecule has 0 atom stereocenters. The Morgan fingerprint density at radius 1 is 1.12 bits per heavy atom. The number of rotatable bonds is 9. The molecule has 0 bridgehead atoms. The first-order chi connectivity index (χ1) is 12.3. The minimum atomic E-state index is 0.794. The fraction of sp³-hybridized carbons (Fsp3) is 0.632. The van der Waals surface area contributed by atoms with Crippen LogP contribution in [-0.2, 0) is 17.8 Å². The summed E-state index contributed by atoms with van der Waals surface area (Å²) in [6.45, 7) is 6.54. The Morgan fingerprint density at radius 2 is 1.84 bits per heavy atom. The highest BCUT2D eigenvalue weighted by Gasteiger charge is 2.10. The average molecular weight is 365 g/mol. The molecule has 1 saturated heterocycles. The normalized spacial score (nSPS) is 16.0. The molecule has 140 valence electrons. The Kier molecular flexibility index (Phi) is 9.77. The molecule has 5 nitrogen and oxygen atoms in total. The number of guanidine groups is 1. The van der Waals surface area contributed by atoms with Crippen molar-refractivity contribution >= 4 is 17.7 Å². The summed E-state index contributed by atoms with van der Waals surface area (Å²) in [5.41, 5.74) is 2.64. The van der Waals surface area contributed by atoms with Gasteiger partial charge in [0.1, 0.15) is 0 Å². The Morgan fingerprint density at radius 3 is 2.52 bits per heavy atom. The summed E-state index contributed by atoms with van der Waals surface area (Å²) in [6, 6.07) is 8.86. The zero-order valence-corrected chi connectivity index (χ0v) is 16.4. The molecule has 0 saturated carbocycles. The van der Waals surface area contributed by atoms with E-state index in [0.717, 1.165) is 51.9 Å². The van der Waals surface area contributed by atoms with Crippen molar-refractivity contribution in [3.8, 4) is 0 Å². The Balaban J connectivity index is 1.68.